The third-order valence-corrected chi connectivity index (χ3v) is 7.53. The molecule has 0 fully saturated rings. The van der Waals surface area contributed by atoms with Crippen LogP contribution in [0.1, 0.15) is 41.9 Å². The smallest absolute Gasteiger partial charge is 0.205 e. The number of rotatable bonds is 7. The van der Waals surface area contributed by atoms with Gasteiger partial charge >= 0.3 is 0 Å². The van der Waals surface area contributed by atoms with Crippen LogP contribution in [0.4, 0.5) is 10.7 Å². The Morgan fingerprint density at radius 2 is 1.80 bits per heavy atom. The Morgan fingerprint density at radius 1 is 1.10 bits per heavy atom. The topological polar surface area (TPSA) is 68.0 Å². The molecule has 30 heavy (non-hydrogen) atoms. The van der Waals surface area contributed by atoms with Crippen LogP contribution in [0.2, 0.25) is 5.02 Å². The minimum atomic E-state index is -0.103. The van der Waals surface area contributed by atoms with E-state index in [4.69, 9.17) is 22.3 Å². The molecule has 0 bridgehead atoms. The minimum absolute atomic E-state index is 0.103. The second kappa shape index (κ2) is 8.76. The van der Waals surface area contributed by atoms with Gasteiger partial charge in [0.2, 0.25) is 5.78 Å². The molecule has 0 unspecified atom stereocenters. The van der Waals surface area contributed by atoms with Crippen molar-refractivity contribution in [2.24, 2.45) is 0 Å². The highest BCUT2D eigenvalue weighted by molar-refractivity contribution is 7.23. The van der Waals surface area contributed by atoms with E-state index in [0.717, 1.165) is 38.6 Å². The van der Waals surface area contributed by atoms with Gasteiger partial charge in [-0.05, 0) is 49.2 Å². The minimum Gasteiger partial charge on any atom is -0.397 e. The van der Waals surface area contributed by atoms with E-state index in [1.807, 2.05) is 24.3 Å². The second-order valence-electron chi connectivity index (χ2n) is 7.03. The van der Waals surface area contributed by atoms with Gasteiger partial charge in [-0.25, -0.2) is 4.98 Å². The van der Waals surface area contributed by atoms with Crippen molar-refractivity contribution in [3.05, 3.63) is 64.0 Å². The summed E-state index contributed by atoms with van der Waals surface area (Å²) in [6.07, 6.45) is 1.96. The molecule has 0 radical (unpaired) electrons. The van der Waals surface area contributed by atoms with E-state index in [9.17, 15) is 4.79 Å². The van der Waals surface area contributed by atoms with Crippen LogP contribution >= 0.6 is 34.3 Å². The predicted molar refractivity (Wildman–Crippen MR) is 130 cm³/mol. The highest BCUT2D eigenvalue weighted by Crippen LogP contribution is 2.46. The molecule has 0 aliphatic rings. The number of halogens is 1. The van der Waals surface area contributed by atoms with Gasteiger partial charge in [0.05, 0.1) is 21.5 Å². The number of anilines is 2. The molecular formula is C23H22ClN3OS2. The summed E-state index contributed by atoms with van der Waals surface area (Å²) in [7, 11) is 0. The van der Waals surface area contributed by atoms with E-state index >= 15 is 0 Å². The monoisotopic (exact) mass is 455 g/mol. The van der Waals surface area contributed by atoms with Gasteiger partial charge in [-0.15, -0.1) is 22.7 Å². The first-order valence-electron chi connectivity index (χ1n) is 9.86. The van der Waals surface area contributed by atoms with Gasteiger partial charge in [0.25, 0.3) is 0 Å². The fraction of sp³-hybridized carbons (Fsp3) is 0.217. The molecule has 0 aliphatic heterocycles. The molecule has 7 heteroatoms. The maximum Gasteiger partial charge on any atom is 0.205 e. The van der Waals surface area contributed by atoms with Gasteiger partial charge in [-0.2, -0.15) is 0 Å². The molecule has 0 atom stereocenters. The Kier molecular flexibility index (Phi) is 6.09. The van der Waals surface area contributed by atoms with Crippen molar-refractivity contribution in [2.45, 2.75) is 32.7 Å². The van der Waals surface area contributed by atoms with Gasteiger partial charge in [0.15, 0.2) is 0 Å². The first-order valence-corrected chi connectivity index (χ1v) is 11.9. The molecule has 2 aromatic carbocycles. The number of aromatic nitrogens is 1. The number of hydrogen-bond acceptors (Lipinski definition) is 6. The lowest BCUT2D eigenvalue weighted by Gasteiger charge is -2.15. The van der Waals surface area contributed by atoms with Gasteiger partial charge in [-0.1, -0.05) is 37.6 Å². The van der Waals surface area contributed by atoms with Crippen LogP contribution in [0.5, 0.6) is 0 Å². The van der Waals surface area contributed by atoms with Crippen LogP contribution in [0.25, 0.3) is 20.8 Å². The molecule has 4 rings (SSSR count). The van der Waals surface area contributed by atoms with E-state index in [0.29, 0.717) is 27.2 Å². The van der Waals surface area contributed by atoms with Crippen LogP contribution in [-0.4, -0.2) is 16.8 Å². The van der Waals surface area contributed by atoms with Crippen molar-refractivity contribution in [1.82, 2.24) is 4.98 Å². The van der Waals surface area contributed by atoms with Crippen LogP contribution in [0.3, 0.4) is 0 Å². The van der Waals surface area contributed by atoms with Gasteiger partial charge < -0.3 is 11.1 Å². The summed E-state index contributed by atoms with van der Waals surface area (Å²) >= 11 is 8.98. The number of nitrogen functional groups attached to an aromatic ring is 1. The fourth-order valence-electron chi connectivity index (χ4n) is 3.32. The number of para-hydroxylation sites is 1. The quantitative estimate of drug-likeness (QED) is 0.292. The molecule has 3 N–H and O–H groups in total. The molecule has 2 aromatic heterocycles. The van der Waals surface area contributed by atoms with E-state index < -0.39 is 0 Å². The molecule has 154 valence electrons. The third kappa shape index (κ3) is 3.95. The molecule has 4 nitrogen and oxygen atoms in total. The van der Waals surface area contributed by atoms with Crippen molar-refractivity contribution in [1.29, 1.82) is 0 Å². The molecule has 0 spiro atoms. The Morgan fingerprint density at radius 3 is 2.47 bits per heavy atom. The number of fused-ring (bicyclic) bond motifs is 1. The number of benzene rings is 2. The number of nitrogens with two attached hydrogens (primary N) is 1. The summed E-state index contributed by atoms with van der Waals surface area (Å²) in [5.74, 6) is -0.103. The Balaban J connectivity index is 1.84. The molecule has 0 saturated heterocycles. The maximum absolute atomic E-state index is 13.2. The lowest BCUT2D eigenvalue weighted by atomic mass is 10.1. The standard InChI is InChI=1S/C23H22ClN3OS2/c1-3-15(4-2)26-22-18(23-27-16-7-5-6-8-17(16)29-23)19(25)21(30-22)20(28)13-9-11-14(24)12-10-13/h5-12,15,26H,3-4,25H2,1-2H3. The highest BCUT2D eigenvalue weighted by atomic mass is 35.5. The second-order valence-corrected chi connectivity index (χ2v) is 9.52. The summed E-state index contributed by atoms with van der Waals surface area (Å²) in [6, 6.07) is 15.2. The summed E-state index contributed by atoms with van der Waals surface area (Å²) in [5, 5.41) is 5.92. The number of ketones is 1. The SMILES string of the molecule is CCC(CC)Nc1sc(C(=O)c2ccc(Cl)cc2)c(N)c1-c1nc2ccccc2s1. The number of nitrogens with one attached hydrogen (secondary N) is 1. The molecule has 0 aliphatic carbocycles. The fourth-order valence-corrected chi connectivity index (χ4v) is 5.70. The zero-order valence-corrected chi connectivity index (χ0v) is 19.1. The van der Waals surface area contributed by atoms with Crippen molar-refractivity contribution in [3.8, 4) is 10.6 Å². The number of thiophene rings is 1. The molecular weight excluding hydrogens is 434 g/mol. The Bertz CT molecular complexity index is 1160. The Hall–Kier alpha value is -2.41. The number of nitrogens with zero attached hydrogens (tertiary/aromatic N) is 1. The molecule has 0 amide bonds. The van der Waals surface area contributed by atoms with E-state index in [1.54, 1.807) is 35.6 Å². The van der Waals surface area contributed by atoms with E-state index in [-0.39, 0.29) is 5.78 Å². The van der Waals surface area contributed by atoms with Crippen molar-refractivity contribution in [2.75, 3.05) is 11.1 Å². The van der Waals surface area contributed by atoms with Crippen LogP contribution in [0.15, 0.2) is 48.5 Å². The Labute approximate surface area is 188 Å². The van der Waals surface area contributed by atoms with Crippen molar-refractivity contribution >= 4 is 61.0 Å². The average Bonchev–Trinajstić information content (AvgIpc) is 3.32. The van der Waals surface area contributed by atoms with E-state index in [2.05, 4.69) is 19.2 Å². The molecule has 4 aromatic rings. The lowest BCUT2D eigenvalue weighted by molar-refractivity contribution is 0.104. The maximum atomic E-state index is 13.2. The predicted octanol–water partition coefficient (Wildman–Crippen LogP) is 7.09. The zero-order valence-electron chi connectivity index (χ0n) is 16.7. The number of carbonyl (C=O) groups is 1. The lowest BCUT2D eigenvalue weighted by Crippen LogP contribution is -2.16. The summed E-state index contributed by atoms with van der Waals surface area (Å²) in [4.78, 5) is 18.5. The highest BCUT2D eigenvalue weighted by Gasteiger charge is 2.26. The van der Waals surface area contributed by atoms with Crippen LogP contribution in [0, 0.1) is 0 Å². The van der Waals surface area contributed by atoms with Crippen molar-refractivity contribution < 1.29 is 4.79 Å². The third-order valence-electron chi connectivity index (χ3n) is 5.09. The van der Waals surface area contributed by atoms with Gasteiger partial charge in [0, 0.05) is 16.6 Å². The summed E-state index contributed by atoms with van der Waals surface area (Å²) in [5.41, 5.74) is 9.38. The molecule has 0 saturated carbocycles. The normalized spacial score (nSPS) is 11.3. The zero-order chi connectivity index (χ0) is 21.3. The van der Waals surface area contributed by atoms with Gasteiger partial charge in [-0.3, -0.25) is 4.79 Å². The van der Waals surface area contributed by atoms with Gasteiger partial charge in [0.1, 0.15) is 14.9 Å². The van der Waals surface area contributed by atoms with Crippen LogP contribution < -0.4 is 11.1 Å². The largest absolute Gasteiger partial charge is 0.397 e. The number of thiazole rings is 1. The van der Waals surface area contributed by atoms with Crippen molar-refractivity contribution in [3.63, 3.8) is 0 Å². The first kappa shape index (κ1) is 20.8. The average molecular weight is 456 g/mol. The van der Waals surface area contributed by atoms with Crippen LogP contribution in [-0.2, 0) is 0 Å². The molecule has 2 heterocycles. The number of carbonyl (C=O) groups excluding carboxylic acids is 1. The number of hydrogen-bond donors (Lipinski definition) is 2. The summed E-state index contributed by atoms with van der Waals surface area (Å²) in [6.45, 7) is 4.30. The summed E-state index contributed by atoms with van der Waals surface area (Å²) < 4.78 is 1.09. The first-order chi connectivity index (χ1) is 14.5. The van der Waals surface area contributed by atoms with E-state index in [1.165, 1.54) is 11.3 Å².